The Morgan fingerprint density at radius 3 is 2.60 bits per heavy atom. The quantitative estimate of drug-likeness (QED) is 0.597. The van der Waals surface area contributed by atoms with Crippen LogP contribution in [0.3, 0.4) is 0 Å². The second kappa shape index (κ2) is 2.58. The molecular formula is C7H12O3. The lowest BCUT2D eigenvalue weighted by molar-refractivity contribution is -0.168. The lowest BCUT2D eigenvalue weighted by Crippen LogP contribution is -2.40. The predicted octanol–water partition coefficient (Wildman–Crippen LogP) is 1.03. The average molecular weight is 144 g/mol. The highest BCUT2D eigenvalue weighted by Crippen LogP contribution is 2.23. The first kappa shape index (κ1) is 7.54. The van der Waals surface area contributed by atoms with Gasteiger partial charge in [0, 0.05) is 6.61 Å². The Labute approximate surface area is 60.0 Å². The zero-order valence-corrected chi connectivity index (χ0v) is 6.09. The molecular weight excluding hydrogens is 132 g/mol. The van der Waals surface area contributed by atoms with E-state index in [2.05, 4.69) is 0 Å². The van der Waals surface area contributed by atoms with Crippen molar-refractivity contribution in [1.82, 2.24) is 0 Å². The summed E-state index contributed by atoms with van der Waals surface area (Å²) in [6.45, 7) is 2.22. The first-order chi connectivity index (χ1) is 4.65. The minimum atomic E-state index is -0.905. The third kappa shape index (κ3) is 1.29. The van der Waals surface area contributed by atoms with E-state index in [1.165, 1.54) is 0 Å². The smallest absolute Gasteiger partial charge is 0.335 e. The molecule has 0 aromatic heterocycles. The van der Waals surface area contributed by atoms with Crippen molar-refractivity contribution < 1.29 is 14.6 Å². The highest BCUT2D eigenvalue weighted by Gasteiger charge is 2.35. The molecule has 1 rings (SSSR count). The van der Waals surface area contributed by atoms with Gasteiger partial charge in [0.2, 0.25) is 0 Å². The summed E-state index contributed by atoms with van der Waals surface area (Å²) in [6, 6.07) is 0. The maximum absolute atomic E-state index is 10.6. The van der Waals surface area contributed by atoms with Crippen LogP contribution in [-0.2, 0) is 9.53 Å². The van der Waals surface area contributed by atoms with Crippen LogP contribution in [0.4, 0.5) is 0 Å². The van der Waals surface area contributed by atoms with Crippen molar-refractivity contribution in [2.24, 2.45) is 0 Å². The molecule has 1 N–H and O–H groups in total. The van der Waals surface area contributed by atoms with E-state index in [9.17, 15) is 4.79 Å². The summed E-state index contributed by atoms with van der Waals surface area (Å²) in [4.78, 5) is 10.6. The molecule has 1 unspecified atom stereocenters. The van der Waals surface area contributed by atoms with E-state index in [1.54, 1.807) is 6.92 Å². The maximum atomic E-state index is 10.6. The van der Waals surface area contributed by atoms with E-state index in [1.807, 2.05) is 0 Å². The third-order valence-electron chi connectivity index (χ3n) is 1.92. The molecule has 0 amide bonds. The van der Waals surface area contributed by atoms with Crippen LogP contribution < -0.4 is 0 Å². The fraction of sp³-hybridized carbons (Fsp3) is 0.857. The van der Waals surface area contributed by atoms with Crippen molar-refractivity contribution in [2.75, 3.05) is 6.61 Å². The van der Waals surface area contributed by atoms with Crippen molar-refractivity contribution in [3.8, 4) is 0 Å². The lowest BCUT2D eigenvalue weighted by Gasteiger charge is -2.29. The number of carboxylic acids is 1. The zero-order chi connectivity index (χ0) is 7.61. The molecule has 0 aromatic carbocycles. The Hall–Kier alpha value is -0.570. The first-order valence-electron chi connectivity index (χ1n) is 3.52. The van der Waals surface area contributed by atoms with Gasteiger partial charge in [-0.2, -0.15) is 0 Å². The van der Waals surface area contributed by atoms with E-state index in [0.717, 1.165) is 12.8 Å². The summed E-state index contributed by atoms with van der Waals surface area (Å²) in [5.74, 6) is -0.841. The number of rotatable bonds is 1. The molecule has 1 aliphatic rings. The SMILES string of the molecule is CC1(C(=O)O)CCCCO1. The summed E-state index contributed by atoms with van der Waals surface area (Å²) >= 11 is 0. The molecule has 58 valence electrons. The lowest BCUT2D eigenvalue weighted by atomic mass is 9.96. The van der Waals surface area contributed by atoms with Crippen LogP contribution >= 0.6 is 0 Å². The Balaban J connectivity index is 2.56. The topological polar surface area (TPSA) is 46.5 Å². The Kier molecular flexibility index (Phi) is 1.94. The van der Waals surface area contributed by atoms with E-state index in [4.69, 9.17) is 9.84 Å². The molecule has 0 saturated carbocycles. The summed E-state index contributed by atoms with van der Waals surface area (Å²) < 4.78 is 5.13. The van der Waals surface area contributed by atoms with Crippen LogP contribution in [0.25, 0.3) is 0 Å². The van der Waals surface area contributed by atoms with Crippen LogP contribution in [0.15, 0.2) is 0 Å². The Morgan fingerprint density at radius 2 is 2.30 bits per heavy atom. The van der Waals surface area contributed by atoms with Gasteiger partial charge in [0.25, 0.3) is 0 Å². The molecule has 1 saturated heterocycles. The molecule has 0 spiro atoms. The minimum Gasteiger partial charge on any atom is -0.479 e. The molecule has 1 heterocycles. The number of carbonyl (C=O) groups is 1. The van der Waals surface area contributed by atoms with Gasteiger partial charge in [-0.05, 0) is 26.2 Å². The molecule has 1 fully saturated rings. The molecule has 3 nitrogen and oxygen atoms in total. The van der Waals surface area contributed by atoms with Gasteiger partial charge >= 0.3 is 5.97 Å². The summed E-state index contributed by atoms with van der Waals surface area (Å²) in [5.41, 5.74) is -0.905. The normalized spacial score (nSPS) is 33.7. The maximum Gasteiger partial charge on any atom is 0.335 e. The monoisotopic (exact) mass is 144 g/mol. The van der Waals surface area contributed by atoms with Crippen molar-refractivity contribution in [2.45, 2.75) is 31.8 Å². The molecule has 0 bridgehead atoms. The van der Waals surface area contributed by atoms with Crippen molar-refractivity contribution in [3.63, 3.8) is 0 Å². The molecule has 1 atom stereocenters. The highest BCUT2D eigenvalue weighted by atomic mass is 16.5. The van der Waals surface area contributed by atoms with Crippen molar-refractivity contribution in [3.05, 3.63) is 0 Å². The largest absolute Gasteiger partial charge is 0.479 e. The zero-order valence-electron chi connectivity index (χ0n) is 6.09. The van der Waals surface area contributed by atoms with Gasteiger partial charge in [-0.3, -0.25) is 0 Å². The highest BCUT2D eigenvalue weighted by molar-refractivity contribution is 5.76. The van der Waals surface area contributed by atoms with Gasteiger partial charge in [-0.25, -0.2) is 4.79 Å². The summed E-state index contributed by atoms with van der Waals surface area (Å²) in [7, 11) is 0. The molecule has 1 aliphatic heterocycles. The van der Waals surface area contributed by atoms with Crippen LogP contribution in [0.2, 0.25) is 0 Å². The number of aliphatic carboxylic acids is 1. The Morgan fingerprint density at radius 1 is 1.60 bits per heavy atom. The number of carboxylic acid groups (broad SMARTS) is 1. The van der Waals surface area contributed by atoms with Gasteiger partial charge in [0.1, 0.15) is 0 Å². The van der Waals surface area contributed by atoms with Gasteiger partial charge in [-0.15, -0.1) is 0 Å². The van der Waals surface area contributed by atoms with E-state index in [0.29, 0.717) is 13.0 Å². The van der Waals surface area contributed by atoms with Gasteiger partial charge in [-0.1, -0.05) is 0 Å². The Bertz CT molecular complexity index is 136. The van der Waals surface area contributed by atoms with E-state index in [-0.39, 0.29) is 0 Å². The fourth-order valence-electron chi connectivity index (χ4n) is 1.10. The van der Waals surface area contributed by atoms with Gasteiger partial charge in [0.15, 0.2) is 5.60 Å². The van der Waals surface area contributed by atoms with Crippen LogP contribution in [-0.4, -0.2) is 23.3 Å². The summed E-state index contributed by atoms with van der Waals surface area (Å²) in [6.07, 6.45) is 2.59. The first-order valence-corrected chi connectivity index (χ1v) is 3.52. The average Bonchev–Trinajstić information content (AvgIpc) is 1.89. The van der Waals surface area contributed by atoms with Gasteiger partial charge in [0.05, 0.1) is 0 Å². The van der Waals surface area contributed by atoms with E-state index >= 15 is 0 Å². The molecule has 0 aliphatic carbocycles. The van der Waals surface area contributed by atoms with Crippen LogP contribution in [0.5, 0.6) is 0 Å². The standard InChI is InChI=1S/C7H12O3/c1-7(6(8)9)4-2-3-5-10-7/h2-5H2,1H3,(H,8,9). The number of hydrogen-bond acceptors (Lipinski definition) is 2. The summed E-state index contributed by atoms with van der Waals surface area (Å²) in [5, 5.41) is 8.67. The minimum absolute atomic E-state index is 0.586. The molecule has 0 radical (unpaired) electrons. The van der Waals surface area contributed by atoms with E-state index < -0.39 is 11.6 Å². The number of hydrogen-bond donors (Lipinski definition) is 1. The predicted molar refractivity (Wildman–Crippen MR) is 35.8 cm³/mol. The van der Waals surface area contributed by atoms with Crippen molar-refractivity contribution >= 4 is 5.97 Å². The molecule has 3 heteroatoms. The molecule has 0 aromatic rings. The van der Waals surface area contributed by atoms with Gasteiger partial charge < -0.3 is 9.84 Å². The second-order valence-corrected chi connectivity index (χ2v) is 2.84. The number of ether oxygens (including phenoxy) is 1. The van der Waals surface area contributed by atoms with Crippen LogP contribution in [0.1, 0.15) is 26.2 Å². The second-order valence-electron chi connectivity index (χ2n) is 2.84. The fourth-order valence-corrected chi connectivity index (χ4v) is 1.10. The van der Waals surface area contributed by atoms with Crippen LogP contribution in [0, 0.1) is 0 Å². The molecule has 10 heavy (non-hydrogen) atoms. The van der Waals surface area contributed by atoms with Crippen molar-refractivity contribution in [1.29, 1.82) is 0 Å². The third-order valence-corrected chi connectivity index (χ3v) is 1.92.